The Kier molecular flexibility index (Phi) is 4.93. The van der Waals surface area contributed by atoms with Gasteiger partial charge in [0.15, 0.2) is 0 Å². The molecule has 0 saturated heterocycles. The zero-order chi connectivity index (χ0) is 13.8. The molecule has 100 valence electrons. The van der Waals surface area contributed by atoms with Gasteiger partial charge in [-0.25, -0.2) is 4.98 Å². The largest absolute Gasteiger partial charge is 0.378 e. The minimum absolute atomic E-state index is 0.466. The summed E-state index contributed by atoms with van der Waals surface area (Å²) in [5, 5.41) is 1.23. The molecule has 6 heteroatoms. The van der Waals surface area contributed by atoms with E-state index in [0.717, 1.165) is 17.1 Å². The lowest BCUT2D eigenvalue weighted by atomic mass is 10.1. The van der Waals surface area contributed by atoms with Gasteiger partial charge in [-0.2, -0.15) is 0 Å². The summed E-state index contributed by atoms with van der Waals surface area (Å²) in [6, 6.07) is 7.18. The molecule has 2 aromatic rings. The van der Waals surface area contributed by atoms with Crippen LogP contribution in [0.2, 0.25) is 10.0 Å². The maximum Gasteiger partial charge on any atom is 0.130 e. The Morgan fingerprint density at radius 2 is 2.11 bits per heavy atom. The number of benzene rings is 1. The molecular formula is C13H12Cl2N2OS. The van der Waals surface area contributed by atoms with Crippen LogP contribution in [0.25, 0.3) is 0 Å². The Morgan fingerprint density at radius 3 is 2.79 bits per heavy atom. The molecule has 1 N–H and O–H groups in total. The summed E-state index contributed by atoms with van der Waals surface area (Å²) in [6.45, 7) is 0.466. The molecule has 0 fully saturated rings. The summed E-state index contributed by atoms with van der Waals surface area (Å²) >= 11 is 17.1. The predicted molar refractivity (Wildman–Crippen MR) is 79.4 cm³/mol. The van der Waals surface area contributed by atoms with Gasteiger partial charge in [-0.15, -0.1) is 0 Å². The molecule has 0 bridgehead atoms. The minimum Gasteiger partial charge on any atom is -0.378 e. The summed E-state index contributed by atoms with van der Waals surface area (Å²) < 4.78 is 5.61. The summed E-state index contributed by atoms with van der Waals surface area (Å²) in [7, 11) is 1.63. The van der Waals surface area contributed by atoms with Gasteiger partial charge < -0.3 is 9.72 Å². The zero-order valence-corrected chi connectivity index (χ0v) is 12.6. The Balaban J connectivity index is 2.30. The third-order valence-corrected chi connectivity index (χ3v) is 3.32. The monoisotopic (exact) mass is 314 g/mol. The maximum atomic E-state index is 6.14. The van der Waals surface area contributed by atoms with Crippen LogP contribution in [-0.2, 0) is 17.8 Å². The molecule has 2 rings (SSSR count). The lowest BCUT2D eigenvalue weighted by Gasteiger charge is -2.07. The van der Waals surface area contributed by atoms with E-state index in [4.69, 9.17) is 40.2 Å². The van der Waals surface area contributed by atoms with E-state index in [1.807, 2.05) is 6.07 Å². The first kappa shape index (κ1) is 14.5. The van der Waals surface area contributed by atoms with E-state index in [1.165, 1.54) is 0 Å². The highest BCUT2D eigenvalue weighted by molar-refractivity contribution is 7.71. The second-order valence-corrected chi connectivity index (χ2v) is 5.30. The molecule has 1 aromatic heterocycles. The number of hydrogen-bond acceptors (Lipinski definition) is 3. The van der Waals surface area contributed by atoms with E-state index in [1.54, 1.807) is 25.3 Å². The first-order chi connectivity index (χ1) is 9.08. The predicted octanol–water partition coefficient (Wildman–Crippen LogP) is 4.18. The molecule has 0 unspecified atom stereocenters. The molecule has 1 heterocycles. The topological polar surface area (TPSA) is 37.9 Å². The Morgan fingerprint density at radius 1 is 1.32 bits per heavy atom. The number of hydrogen-bond donors (Lipinski definition) is 1. The molecular weight excluding hydrogens is 303 g/mol. The number of halogens is 2. The van der Waals surface area contributed by atoms with Crippen molar-refractivity contribution >= 4 is 35.4 Å². The lowest BCUT2D eigenvalue weighted by molar-refractivity contribution is 0.181. The summed E-state index contributed by atoms with van der Waals surface area (Å²) in [4.78, 5) is 7.47. The van der Waals surface area contributed by atoms with Crippen molar-refractivity contribution < 1.29 is 4.74 Å². The molecule has 0 aliphatic carbocycles. The molecule has 3 nitrogen and oxygen atoms in total. The first-order valence-electron chi connectivity index (χ1n) is 5.60. The van der Waals surface area contributed by atoms with Crippen LogP contribution in [0.4, 0.5) is 0 Å². The van der Waals surface area contributed by atoms with Crippen molar-refractivity contribution in [3.8, 4) is 0 Å². The number of rotatable bonds is 4. The van der Waals surface area contributed by atoms with Crippen LogP contribution in [-0.4, -0.2) is 17.1 Å². The molecule has 0 aliphatic heterocycles. The van der Waals surface area contributed by atoms with Gasteiger partial charge >= 0.3 is 0 Å². The standard InChI is InChI=1S/C13H12Cl2N2OS/c1-18-7-10-6-13(19)17-12(16-10)4-8-2-3-9(14)5-11(8)15/h2-3,5-6H,4,7H2,1H3,(H,16,17,19). The summed E-state index contributed by atoms with van der Waals surface area (Å²) in [5.41, 5.74) is 1.83. The normalized spacial score (nSPS) is 10.7. The van der Waals surface area contributed by atoms with Gasteiger partial charge in [-0.05, 0) is 23.8 Å². The van der Waals surface area contributed by atoms with Crippen LogP contribution >= 0.6 is 35.4 Å². The second-order valence-electron chi connectivity index (χ2n) is 4.04. The average molecular weight is 315 g/mol. The number of methoxy groups -OCH3 is 1. The average Bonchev–Trinajstić information content (AvgIpc) is 2.32. The number of nitrogens with zero attached hydrogens (tertiary/aromatic N) is 1. The van der Waals surface area contributed by atoms with Crippen molar-refractivity contribution in [1.29, 1.82) is 0 Å². The van der Waals surface area contributed by atoms with Crippen molar-refractivity contribution in [2.45, 2.75) is 13.0 Å². The summed E-state index contributed by atoms with van der Waals surface area (Å²) in [6.07, 6.45) is 0.567. The van der Waals surface area contributed by atoms with Gasteiger partial charge in [-0.1, -0.05) is 41.5 Å². The van der Waals surface area contributed by atoms with Crippen molar-refractivity contribution in [3.63, 3.8) is 0 Å². The lowest BCUT2D eigenvalue weighted by Crippen LogP contribution is -2.02. The van der Waals surface area contributed by atoms with E-state index in [2.05, 4.69) is 9.97 Å². The van der Waals surface area contributed by atoms with Gasteiger partial charge in [0.25, 0.3) is 0 Å². The van der Waals surface area contributed by atoms with Crippen molar-refractivity contribution in [2.24, 2.45) is 0 Å². The van der Waals surface area contributed by atoms with E-state index in [0.29, 0.717) is 27.7 Å². The smallest absolute Gasteiger partial charge is 0.130 e. The van der Waals surface area contributed by atoms with Crippen molar-refractivity contribution in [3.05, 3.63) is 56.0 Å². The van der Waals surface area contributed by atoms with Crippen LogP contribution in [0.3, 0.4) is 0 Å². The van der Waals surface area contributed by atoms with E-state index in [9.17, 15) is 0 Å². The highest BCUT2D eigenvalue weighted by Crippen LogP contribution is 2.22. The molecule has 1 aromatic carbocycles. The number of ether oxygens (including phenoxy) is 1. The highest BCUT2D eigenvalue weighted by atomic mass is 35.5. The molecule has 0 spiro atoms. The third-order valence-electron chi connectivity index (χ3n) is 2.52. The number of nitrogens with one attached hydrogen (secondary N) is 1. The number of H-pyrrole nitrogens is 1. The fraction of sp³-hybridized carbons (Fsp3) is 0.231. The van der Waals surface area contributed by atoms with E-state index in [-0.39, 0.29) is 0 Å². The number of aromatic amines is 1. The molecule has 19 heavy (non-hydrogen) atoms. The first-order valence-corrected chi connectivity index (χ1v) is 6.77. The highest BCUT2D eigenvalue weighted by Gasteiger charge is 2.05. The van der Waals surface area contributed by atoms with Gasteiger partial charge in [0.05, 0.1) is 6.61 Å². The fourth-order valence-corrected chi connectivity index (χ4v) is 2.45. The Hall–Kier alpha value is -0.940. The molecule has 0 amide bonds. The second kappa shape index (κ2) is 6.48. The number of aromatic nitrogens is 2. The maximum absolute atomic E-state index is 6.14. The van der Waals surface area contributed by atoms with Crippen molar-refractivity contribution in [2.75, 3.05) is 7.11 Å². The fourth-order valence-electron chi connectivity index (χ4n) is 1.73. The van der Waals surface area contributed by atoms with Crippen LogP contribution in [0.1, 0.15) is 17.1 Å². The molecule has 0 aliphatic rings. The van der Waals surface area contributed by atoms with E-state index >= 15 is 0 Å². The Labute approximate surface area is 126 Å². The quantitative estimate of drug-likeness (QED) is 0.860. The van der Waals surface area contributed by atoms with E-state index < -0.39 is 0 Å². The third kappa shape index (κ3) is 4.01. The van der Waals surface area contributed by atoms with Crippen LogP contribution in [0, 0.1) is 4.64 Å². The van der Waals surface area contributed by atoms with Crippen LogP contribution in [0.15, 0.2) is 24.3 Å². The minimum atomic E-state index is 0.466. The SMILES string of the molecule is COCc1cc(=S)nc(Cc2ccc(Cl)cc2Cl)[nH]1. The van der Waals surface area contributed by atoms with Crippen LogP contribution in [0.5, 0.6) is 0 Å². The van der Waals surface area contributed by atoms with Crippen molar-refractivity contribution in [1.82, 2.24) is 9.97 Å². The van der Waals surface area contributed by atoms with Crippen LogP contribution < -0.4 is 0 Å². The molecule has 0 atom stereocenters. The van der Waals surface area contributed by atoms with Gasteiger partial charge in [0, 0.05) is 29.3 Å². The molecule has 0 saturated carbocycles. The van der Waals surface area contributed by atoms with Gasteiger partial charge in [-0.3, -0.25) is 0 Å². The molecule has 0 radical (unpaired) electrons. The Bertz CT molecular complexity index is 643. The summed E-state index contributed by atoms with van der Waals surface area (Å²) in [5.74, 6) is 0.753. The van der Waals surface area contributed by atoms with Gasteiger partial charge in [0.2, 0.25) is 0 Å². The zero-order valence-electron chi connectivity index (χ0n) is 10.2. The van der Waals surface area contributed by atoms with Gasteiger partial charge in [0.1, 0.15) is 10.5 Å².